The summed E-state index contributed by atoms with van der Waals surface area (Å²) < 4.78 is 5.69. The number of hydrogen-bond donors (Lipinski definition) is 2. The molecule has 0 saturated heterocycles. The highest BCUT2D eigenvalue weighted by Crippen LogP contribution is 2.18. The molecule has 0 fully saturated rings. The van der Waals surface area contributed by atoms with E-state index in [9.17, 15) is 4.79 Å². The summed E-state index contributed by atoms with van der Waals surface area (Å²) in [5.74, 6) is 0.694. The second kappa shape index (κ2) is 11.7. The number of carbonyl (C=O) groups is 1. The summed E-state index contributed by atoms with van der Waals surface area (Å²) in [6.45, 7) is 1.11. The van der Waals surface area contributed by atoms with Crippen molar-refractivity contribution in [2.24, 2.45) is 0 Å². The molecule has 23 heavy (non-hydrogen) atoms. The van der Waals surface area contributed by atoms with Crippen LogP contribution in [0.15, 0.2) is 48.8 Å². The molecule has 0 unspecified atom stereocenters. The predicted molar refractivity (Wildman–Crippen MR) is 96.7 cm³/mol. The maximum absolute atomic E-state index is 11.7. The Hall–Kier alpha value is -1.82. The largest absolute Gasteiger partial charge is 0.489 e. The second-order valence-corrected chi connectivity index (χ2v) is 4.58. The molecule has 0 atom stereocenters. The average Bonchev–Trinajstić information content (AvgIpc) is 2.52. The molecule has 0 spiro atoms. The Kier molecular flexibility index (Phi) is 10.8. The molecule has 0 aliphatic rings. The molecule has 1 aromatic carbocycles. The van der Waals surface area contributed by atoms with Gasteiger partial charge in [0.15, 0.2) is 0 Å². The molecule has 0 bridgehead atoms. The van der Waals surface area contributed by atoms with E-state index in [1.807, 2.05) is 43.4 Å². The third-order valence-corrected chi connectivity index (χ3v) is 2.85. The van der Waals surface area contributed by atoms with Crippen molar-refractivity contribution in [1.82, 2.24) is 10.3 Å². The number of aromatic nitrogens is 1. The topological polar surface area (TPSA) is 63.2 Å². The van der Waals surface area contributed by atoms with Gasteiger partial charge in [-0.05, 0) is 25.2 Å². The zero-order chi connectivity index (χ0) is 14.9. The Morgan fingerprint density at radius 2 is 2.04 bits per heavy atom. The fourth-order valence-electron chi connectivity index (χ4n) is 1.78. The lowest BCUT2D eigenvalue weighted by Crippen LogP contribution is -2.18. The molecule has 2 aromatic rings. The predicted octanol–water partition coefficient (Wildman–Crippen LogP) is 3.05. The van der Waals surface area contributed by atoms with Crippen molar-refractivity contribution in [3.63, 3.8) is 0 Å². The van der Waals surface area contributed by atoms with Crippen molar-refractivity contribution in [1.29, 1.82) is 0 Å². The molecule has 126 valence electrons. The van der Waals surface area contributed by atoms with Crippen LogP contribution in [0.4, 0.5) is 5.69 Å². The molecule has 0 radical (unpaired) electrons. The quantitative estimate of drug-likeness (QED) is 0.799. The molecule has 5 nitrogen and oxygen atoms in total. The van der Waals surface area contributed by atoms with Crippen LogP contribution in [0, 0.1) is 0 Å². The summed E-state index contributed by atoms with van der Waals surface area (Å²) in [7, 11) is 1.82. The summed E-state index contributed by atoms with van der Waals surface area (Å²) in [5.41, 5.74) is 1.74. The van der Waals surface area contributed by atoms with Crippen molar-refractivity contribution in [3.05, 3.63) is 54.4 Å². The van der Waals surface area contributed by atoms with Gasteiger partial charge in [-0.25, -0.2) is 0 Å². The molecule has 0 aliphatic carbocycles. The molecule has 2 rings (SSSR count). The normalized spacial score (nSPS) is 9.26. The molecular weight excluding hydrogens is 337 g/mol. The zero-order valence-electron chi connectivity index (χ0n) is 12.8. The molecule has 2 N–H and O–H groups in total. The van der Waals surface area contributed by atoms with Gasteiger partial charge < -0.3 is 15.4 Å². The Balaban J connectivity index is 0.00000242. The van der Waals surface area contributed by atoms with Crippen molar-refractivity contribution in [2.75, 3.05) is 18.9 Å². The summed E-state index contributed by atoms with van der Waals surface area (Å²) in [5, 5.41) is 5.79. The minimum Gasteiger partial charge on any atom is -0.489 e. The number of halogens is 2. The molecule has 0 saturated carbocycles. The summed E-state index contributed by atoms with van der Waals surface area (Å²) in [6, 6.07) is 11.2. The van der Waals surface area contributed by atoms with Crippen molar-refractivity contribution in [2.45, 2.75) is 13.0 Å². The lowest BCUT2D eigenvalue weighted by molar-refractivity contribution is -0.116. The van der Waals surface area contributed by atoms with Gasteiger partial charge in [0.25, 0.3) is 0 Å². The van der Waals surface area contributed by atoms with Gasteiger partial charge in [-0.3, -0.25) is 9.78 Å². The number of amides is 1. The Bertz CT molecular complexity index is 583. The highest BCUT2D eigenvalue weighted by molar-refractivity contribution is 5.91. The summed E-state index contributed by atoms with van der Waals surface area (Å²) >= 11 is 0. The van der Waals surface area contributed by atoms with Gasteiger partial charge in [-0.1, -0.05) is 12.1 Å². The minimum absolute atomic E-state index is 0. The fourth-order valence-corrected chi connectivity index (χ4v) is 1.78. The lowest BCUT2D eigenvalue weighted by Gasteiger charge is -2.09. The van der Waals surface area contributed by atoms with Crippen LogP contribution in [0.3, 0.4) is 0 Å². The van der Waals surface area contributed by atoms with Crippen LogP contribution in [-0.2, 0) is 11.4 Å². The van der Waals surface area contributed by atoms with Gasteiger partial charge in [0, 0.05) is 42.7 Å². The van der Waals surface area contributed by atoms with E-state index < -0.39 is 0 Å². The maximum Gasteiger partial charge on any atom is 0.225 e. The van der Waals surface area contributed by atoms with Crippen LogP contribution in [0.25, 0.3) is 0 Å². The monoisotopic (exact) mass is 357 g/mol. The molecule has 0 aliphatic heterocycles. The maximum atomic E-state index is 11.7. The first-order valence-corrected chi connectivity index (χ1v) is 6.84. The minimum atomic E-state index is -0.0197. The van der Waals surface area contributed by atoms with E-state index >= 15 is 0 Å². The Morgan fingerprint density at radius 1 is 1.22 bits per heavy atom. The molecule has 1 aromatic heterocycles. The van der Waals surface area contributed by atoms with Gasteiger partial charge in [0.05, 0.1) is 0 Å². The average molecular weight is 358 g/mol. The first-order chi connectivity index (χ1) is 10.3. The third-order valence-electron chi connectivity index (χ3n) is 2.85. The van der Waals surface area contributed by atoms with E-state index in [2.05, 4.69) is 15.6 Å². The van der Waals surface area contributed by atoms with E-state index in [1.54, 1.807) is 12.4 Å². The van der Waals surface area contributed by atoms with Crippen LogP contribution >= 0.6 is 24.8 Å². The smallest absolute Gasteiger partial charge is 0.225 e. The van der Waals surface area contributed by atoms with Gasteiger partial charge in [0.1, 0.15) is 12.4 Å². The molecular formula is C16H21Cl2N3O2. The van der Waals surface area contributed by atoms with Crippen molar-refractivity contribution < 1.29 is 9.53 Å². The molecule has 1 amide bonds. The highest BCUT2D eigenvalue weighted by Gasteiger charge is 2.03. The van der Waals surface area contributed by atoms with Crippen molar-refractivity contribution in [3.8, 4) is 5.75 Å². The first-order valence-electron chi connectivity index (χ1n) is 6.84. The number of nitrogens with zero attached hydrogens (tertiary/aromatic N) is 1. The van der Waals surface area contributed by atoms with Gasteiger partial charge in [0.2, 0.25) is 5.91 Å². The van der Waals surface area contributed by atoms with Gasteiger partial charge >= 0.3 is 0 Å². The highest BCUT2D eigenvalue weighted by atomic mass is 35.5. The van der Waals surface area contributed by atoms with E-state index in [0.29, 0.717) is 25.3 Å². The molecule has 1 heterocycles. The number of benzene rings is 1. The number of carbonyl (C=O) groups excluding carboxylic acids is 1. The fraction of sp³-hybridized carbons (Fsp3) is 0.250. The van der Waals surface area contributed by atoms with Crippen LogP contribution in [0.1, 0.15) is 12.0 Å². The number of ether oxygens (including phenoxy) is 1. The second-order valence-electron chi connectivity index (χ2n) is 4.58. The third kappa shape index (κ3) is 7.83. The van der Waals surface area contributed by atoms with Crippen LogP contribution < -0.4 is 15.4 Å². The zero-order valence-corrected chi connectivity index (χ0v) is 14.5. The van der Waals surface area contributed by atoms with Gasteiger partial charge in [-0.15, -0.1) is 24.8 Å². The first kappa shape index (κ1) is 21.2. The summed E-state index contributed by atoms with van der Waals surface area (Å²) in [4.78, 5) is 15.7. The Morgan fingerprint density at radius 3 is 2.74 bits per heavy atom. The number of pyridine rings is 1. The number of hydrogen-bond acceptors (Lipinski definition) is 4. The van der Waals surface area contributed by atoms with E-state index in [-0.39, 0.29) is 30.7 Å². The van der Waals surface area contributed by atoms with Crippen LogP contribution in [0.2, 0.25) is 0 Å². The lowest BCUT2D eigenvalue weighted by atomic mass is 10.2. The number of anilines is 1. The van der Waals surface area contributed by atoms with Gasteiger partial charge in [-0.2, -0.15) is 0 Å². The van der Waals surface area contributed by atoms with Crippen LogP contribution in [-0.4, -0.2) is 24.5 Å². The number of rotatable bonds is 7. The van der Waals surface area contributed by atoms with Crippen LogP contribution in [0.5, 0.6) is 5.75 Å². The Labute approximate surface area is 148 Å². The number of nitrogens with one attached hydrogen (secondary N) is 2. The van der Waals surface area contributed by atoms with Crippen molar-refractivity contribution >= 4 is 36.4 Å². The standard InChI is InChI=1S/C16H19N3O2.2ClH/c1-17-9-7-16(20)19-14-5-2-6-15(10-14)21-12-13-4-3-8-18-11-13;;/h2-6,8,10-11,17H,7,9,12H2,1H3,(H,19,20);2*1H. The van der Waals surface area contributed by atoms with E-state index in [4.69, 9.17) is 4.74 Å². The molecule has 7 heteroatoms. The summed E-state index contributed by atoms with van der Waals surface area (Å²) in [6.07, 6.45) is 3.94. The van der Waals surface area contributed by atoms with E-state index in [1.165, 1.54) is 0 Å². The SMILES string of the molecule is CNCCC(=O)Nc1cccc(OCc2cccnc2)c1.Cl.Cl. The van der Waals surface area contributed by atoms with E-state index in [0.717, 1.165) is 11.3 Å².